The topological polar surface area (TPSA) is 41.0 Å². The van der Waals surface area contributed by atoms with Gasteiger partial charge >= 0.3 is 0 Å². The molecule has 2 unspecified atom stereocenters. The monoisotopic (exact) mass is 248 g/mol. The Hall–Kier alpha value is -1.20. The number of thiophene rings is 1. The van der Waals surface area contributed by atoms with E-state index in [4.69, 9.17) is 0 Å². The smallest absolute Gasteiger partial charge is 0.141 e. The van der Waals surface area contributed by atoms with Crippen molar-refractivity contribution in [1.82, 2.24) is 15.3 Å². The summed E-state index contributed by atoms with van der Waals surface area (Å²) in [6.07, 6.45) is 1.68. The summed E-state index contributed by atoms with van der Waals surface area (Å²) in [5.74, 6) is 1.08. The molecule has 0 saturated carbocycles. The van der Waals surface area contributed by atoms with Crippen molar-refractivity contribution in [2.45, 2.75) is 25.9 Å². The molecule has 2 aromatic rings. The average Bonchev–Trinajstić information content (AvgIpc) is 2.77. The summed E-state index contributed by atoms with van der Waals surface area (Å²) in [5.41, 5.74) is 0. The highest BCUT2D eigenvalue weighted by molar-refractivity contribution is 7.16. The maximum absolute atomic E-state index is 4.50. The highest BCUT2D eigenvalue weighted by Crippen LogP contribution is 2.29. The molecule has 1 saturated heterocycles. The van der Waals surface area contributed by atoms with Gasteiger partial charge < -0.3 is 10.2 Å². The van der Waals surface area contributed by atoms with Gasteiger partial charge in [-0.2, -0.15) is 0 Å². The van der Waals surface area contributed by atoms with Gasteiger partial charge in [0.1, 0.15) is 17.0 Å². The zero-order valence-corrected chi connectivity index (χ0v) is 10.9. The second-order valence-electron chi connectivity index (χ2n) is 4.60. The van der Waals surface area contributed by atoms with E-state index in [1.807, 2.05) is 0 Å². The molecule has 5 heteroatoms. The second-order valence-corrected chi connectivity index (χ2v) is 5.49. The molecule has 0 aromatic carbocycles. The van der Waals surface area contributed by atoms with Crippen LogP contribution < -0.4 is 10.2 Å². The van der Waals surface area contributed by atoms with Gasteiger partial charge in [0.25, 0.3) is 0 Å². The predicted molar refractivity (Wildman–Crippen MR) is 71.7 cm³/mol. The molecule has 1 fully saturated rings. The lowest BCUT2D eigenvalue weighted by atomic mass is 10.1. The summed E-state index contributed by atoms with van der Waals surface area (Å²) in [5, 5.41) is 6.71. The fourth-order valence-corrected chi connectivity index (χ4v) is 3.26. The molecule has 0 spiro atoms. The molecular weight excluding hydrogens is 232 g/mol. The number of anilines is 1. The third kappa shape index (κ3) is 1.79. The lowest BCUT2D eigenvalue weighted by Gasteiger charge is -2.40. The van der Waals surface area contributed by atoms with Crippen molar-refractivity contribution in [2.24, 2.45) is 0 Å². The molecule has 3 heterocycles. The second kappa shape index (κ2) is 4.23. The molecule has 0 bridgehead atoms. The molecule has 1 aliphatic rings. The van der Waals surface area contributed by atoms with Gasteiger partial charge in [-0.05, 0) is 25.3 Å². The molecule has 1 aliphatic heterocycles. The molecule has 17 heavy (non-hydrogen) atoms. The van der Waals surface area contributed by atoms with E-state index in [2.05, 4.69) is 45.5 Å². The van der Waals surface area contributed by atoms with Crippen LogP contribution in [0, 0.1) is 0 Å². The maximum atomic E-state index is 4.50. The molecule has 0 radical (unpaired) electrons. The van der Waals surface area contributed by atoms with E-state index >= 15 is 0 Å². The minimum absolute atomic E-state index is 0.469. The van der Waals surface area contributed by atoms with E-state index in [0.29, 0.717) is 12.1 Å². The van der Waals surface area contributed by atoms with E-state index in [1.54, 1.807) is 17.7 Å². The minimum atomic E-state index is 0.469. The summed E-state index contributed by atoms with van der Waals surface area (Å²) in [4.78, 5) is 12.3. The van der Waals surface area contributed by atoms with Crippen LogP contribution in [0.1, 0.15) is 13.8 Å². The van der Waals surface area contributed by atoms with Gasteiger partial charge in [0.2, 0.25) is 0 Å². The minimum Gasteiger partial charge on any atom is -0.348 e. The first kappa shape index (κ1) is 10.9. The van der Waals surface area contributed by atoms with Crippen molar-refractivity contribution in [3.63, 3.8) is 0 Å². The van der Waals surface area contributed by atoms with Crippen molar-refractivity contribution < 1.29 is 0 Å². The van der Waals surface area contributed by atoms with Crippen molar-refractivity contribution >= 4 is 27.4 Å². The average molecular weight is 248 g/mol. The molecule has 4 nitrogen and oxygen atoms in total. The number of nitrogens with zero attached hydrogens (tertiary/aromatic N) is 3. The maximum Gasteiger partial charge on any atom is 0.141 e. The molecule has 90 valence electrons. The van der Waals surface area contributed by atoms with E-state index < -0.39 is 0 Å². The van der Waals surface area contributed by atoms with Crippen molar-refractivity contribution in [3.05, 3.63) is 17.8 Å². The Morgan fingerprint density at radius 2 is 2.06 bits per heavy atom. The summed E-state index contributed by atoms with van der Waals surface area (Å²) in [6.45, 7) is 6.51. The molecule has 1 N–H and O–H groups in total. The van der Waals surface area contributed by atoms with E-state index in [-0.39, 0.29) is 0 Å². The van der Waals surface area contributed by atoms with Gasteiger partial charge in [-0.3, -0.25) is 0 Å². The molecule has 3 rings (SSSR count). The van der Waals surface area contributed by atoms with E-state index in [0.717, 1.165) is 23.7 Å². The molecule has 0 aliphatic carbocycles. The quantitative estimate of drug-likeness (QED) is 0.836. The highest BCUT2D eigenvalue weighted by Gasteiger charge is 2.27. The third-order valence-electron chi connectivity index (χ3n) is 3.31. The predicted octanol–water partition coefficient (Wildman–Crippen LogP) is 1.88. The van der Waals surface area contributed by atoms with Crippen LogP contribution in [-0.4, -0.2) is 35.1 Å². The fourth-order valence-electron chi connectivity index (χ4n) is 2.53. The van der Waals surface area contributed by atoms with Gasteiger partial charge in [-0.15, -0.1) is 11.3 Å². The number of rotatable bonds is 1. The summed E-state index contributed by atoms with van der Waals surface area (Å²) in [6, 6.07) is 3.06. The summed E-state index contributed by atoms with van der Waals surface area (Å²) in [7, 11) is 0. The lowest BCUT2D eigenvalue weighted by molar-refractivity contribution is 0.430. The van der Waals surface area contributed by atoms with Crippen LogP contribution in [0.25, 0.3) is 10.2 Å². The number of piperazine rings is 1. The highest BCUT2D eigenvalue weighted by atomic mass is 32.1. The van der Waals surface area contributed by atoms with Gasteiger partial charge in [-0.1, -0.05) is 0 Å². The van der Waals surface area contributed by atoms with Gasteiger partial charge in [0.05, 0.1) is 5.39 Å². The first-order chi connectivity index (χ1) is 8.27. The van der Waals surface area contributed by atoms with Crippen LogP contribution in [0.15, 0.2) is 17.8 Å². The van der Waals surface area contributed by atoms with Crippen molar-refractivity contribution in [2.75, 3.05) is 18.0 Å². The number of fused-ring (bicyclic) bond motifs is 1. The Kier molecular flexibility index (Phi) is 2.72. The van der Waals surface area contributed by atoms with Crippen molar-refractivity contribution in [1.29, 1.82) is 0 Å². The standard InChI is InChI=1S/C12H16N4S/c1-8-5-13-6-9(2)16(8)11-10-3-4-17-12(10)15-7-14-11/h3-4,7-9,13H,5-6H2,1-2H3. The Morgan fingerprint density at radius 1 is 1.29 bits per heavy atom. The van der Waals surface area contributed by atoms with Crippen LogP contribution >= 0.6 is 11.3 Å². The normalized spacial score (nSPS) is 25.4. The van der Waals surface area contributed by atoms with Crippen LogP contribution in [0.2, 0.25) is 0 Å². The molecule has 2 atom stereocenters. The number of hydrogen-bond donors (Lipinski definition) is 1. The van der Waals surface area contributed by atoms with Crippen LogP contribution in [0.4, 0.5) is 5.82 Å². The lowest BCUT2D eigenvalue weighted by Crippen LogP contribution is -2.55. The van der Waals surface area contributed by atoms with Gasteiger partial charge in [0, 0.05) is 25.2 Å². The summed E-state index contributed by atoms with van der Waals surface area (Å²) < 4.78 is 0. The van der Waals surface area contributed by atoms with E-state index in [9.17, 15) is 0 Å². The van der Waals surface area contributed by atoms with Crippen LogP contribution in [0.3, 0.4) is 0 Å². The van der Waals surface area contributed by atoms with Gasteiger partial charge in [0.15, 0.2) is 0 Å². The Bertz CT molecular complexity index is 514. The molecule has 0 amide bonds. The van der Waals surface area contributed by atoms with Gasteiger partial charge in [-0.25, -0.2) is 9.97 Å². The van der Waals surface area contributed by atoms with E-state index in [1.165, 1.54) is 5.39 Å². The van der Waals surface area contributed by atoms with Crippen LogP contribution in [-0.2, 0) is 0 Å². The van der Waals surface area contributed by atoms with Crippen LogP contribution in [0.5, 0.6) is 0 Å². The first-order valence-electron chi connectivity index (χ1n) is 5.94. The third-order valence-corrected chi connectivity index (χ3v) is 4.14. The Labute approximate surface area is 105 Å². The number of nitrogens with one attached hydrogen (secondary N) is 1. The molecule has 2 aromatic heterocycles. The fraction of sp³-hybridized carbons (Fsp3) is 0.500. The zero-order chi connectivity index (χ0) is 11.8. The zero-order valence-electron chi connectivity index (χ0n) is 10.1. The molecular formula is C12H16N4S. The number of hydrogen-bond acceptors (Lipinski definition) is 5. The van der Waals surface area contributed by atoms with Crippen molar-refractivity contribution in [3.8, 4) is 0 Å². The summed E-state index contributed by atoms with van der Waals surface area (Å²) >= 11 is 1.67. The Balaban J connectivity index is 2.10. The number of aromatic nitrogens is 2. The Morgan fingerprint density at radius 3 is 2.82 bits per heavy atom. The first-order valence-corrected chi connectivity index (χ1v) is 6.82. The largest absolute Gasteiger partial charge is 0.348 e. The SMILES string of the molecule is CC1CNCC(C)N1c1ncnc2sccc12.